The molecule has 0 aliphatic rings. The average molecular weight is 261 g/mol. The number of rotatable bonds is 2. The molecular formula is C15H19NO3. The SMILES string of the molecule is CC(C)(C)OC(=O)NCCC#Cc1ccccc1O. The van der Waals surface area contributed by atoms with Crippen LogP contribution in [0.2, 0.25) is 0 Å². The predicted octanol–water partition coefficient (Wildman–Crippen LogP) is 2.66. The second-order valence-corrected chi connectivity index (χ2v) is 5.00. The number of carbonyl (C=O) groups excluding carboxylic acids is 1. The molecule has 0 unspecified atom stereocenters. The van der Waals surface area contributed by atoms with Crippen molar-refractivity contribution in [3.8, 4) is 17.6 Å². The van der Waals surface area contributed by atoms with Crippen molar-refractivity contribution in [3.05, 3.63) is 29.8 Å². The first-order valence-corrected chi connectivity index (χ1v) is 6.12. The third kappa shape index (κ3) is 6.37. The second kappa shape index (κ2) is 6.69. The first-order chi connectivity index (χ1) is 8.88. The van der Waals surface area contributed by atoms with Crippen molar-refractivity contribution in [3.63, 3.8) is 0 Å². The summed E-state index contributed by atoms with van der Waals surface area (Å²) >= 11 is 0. The predicted molar refractivity (Wildman–Crippen MR) is 73.8 cm³/mol. The van der Waals surface area contributed by atoms with Crippen LogP contribution in [0.15, 0.2) is 24.3 Å². The summed E-state index contributed by atoms with van der Waals surface area (Å²) in [5.74, 6) is 5.89. The van der Waals surface area contributed by atoms with Gasteiger partial charge in [-0.15, -0.1) is 0 Å². The minimum absolute atomic E-state index is 0.162. The summed E-state index contributed by atoms with van der Waals surface area (Å²) in [6, 6.07) is 6.87. The highest BCUT2D eigenvalue weighted by molar-refractivity contribution is 5.67. The van der Waals surface area contributed by atoms with Crippen molar-refractivity contribution in [2.45, 2.75) is 32.8 Å². The highest BCUT2D eigenvalue weighted by atomic mass is 16.6. The smallest absolute Gasteiger partial charge is 0.407 e. The van der Waals surface area contributed by atoms with Gasteiger partial charge in [0.15, 0.2) is 0 Å². The maximum Gasteiger partial charge on any atom is 0.407 e. The molecule has 1 amide bonds. The number of phenols is 1. The minimum atomic E-state index is -0.494. The van der Waals surface area contributed by atoms with Crippen molar-refractivity contribution in [2.75, 3.05) is 6.54 Å². The van der Waals surface area contributed by atoms with Crippen molar-refractivity contribution in [1.82, 2.24) is 5.32 Å². The van der Waals surface area contributed by atoms with Crippen LogP contribution in [0.1, 0.15) is 32.8 Å². The number of alkyl carbamates (subject to hydrolysis) is 1. The molecule has 1 aromatic carbocycles. The molecule has 0 heterocycles. The molecule has 19 heavy (non-hydrogen) atoms. The first-order valence-electron chi connectivity index (χ1n) is 6.12. The van der Waals surface area contributed by atoms with Crippen molar-refractivity contribution in [1.29, 1.82) is 0 Å². The molecular weight excluding hydrogens is 242 g/mol. The van der Waals surface area contributed by atoms with Gasteiger partial charge in [0.1, 0.15) is 11.4 Å². The maximum atomic E-state index is 11.3. The summed E-state index contributed by atoms with van der Waals surface area (Å²) < 4.78 is 5.08. The number of hydrogen-bond acceptors (Lipinski definition) is 3. The number of para-hydroxylation sites is 1. The number of amides is 1. The highest BCUT2D eigenvalue weighted by Crippen LogP contribution is 2.13. The Balaban J connectivity index is 2.33. The van der Waals surface area contributed by atoms with Crippen LogP contribution in [0.25, 0.3) is 0 Å². The van der Waals surface area contributed by atoms with Crippen LogP contribution in [0.5, 0.6) is 5.75 Å². The maximum absolute atomic E-state index is 11.3. The quantitative estimate of drug-likeness (QED) is 0.635. The molecule has 0 aromatic heterocycles. The fourth-order valence-electron chi connectivity index (χ4n) is 1.28. The van der Waals surface area contributed by atoms with E-state index in [0.29, 0.717) is 18.5 Å². The zero-order valence-electron chi connectivity index (χ0n) is 11.5. The van der Waals surface area contributed by atoms with Gasteiger partial charge in [-0.2, -0.15) is 0 Å². The van der Waals surface area contributed by atoms with E-state index in [1.165, 1.54) is 0 Å². The van der Waals surface area contributed by atoms with Crippen LogP contribution in [0.4, 0.5) is 4.79 Å². The zero-order chi connectivity index (χ0) is 14.3. The summed E-state index contributed by atoms with van der Waals surface area (Å²) in [5.41, 5.74) is 0.0887. The van der Waals surface area contributed by atoms with Gasteiger partial charge in [0.25, 0.3) is 0 Å². The van der Waals surface area contributed by atoms with Gasteiger partial charge >= 0.3 is 6.09 Å². The van der Waals surface area contributed by atoms with Gasteiger partial charge in [-0.3, -0.25) is 0 Å². The number of hydrogen-bond donors (Lipinski definition) is 2. The van der Waals surface area contributed by atoms with Gasteiger partial charge in [-0.25, -0.2) is 4.79 Å². The van der Waals surface area contributed by atoms with E-state index in [1.54, 1.807) is 18.2 Å². The largest absolute Gasteiger partial charge is 0.507 e. The van der Waals surface area contributed by atoms with Crippen LogP contribution in [0, 0.1) is 11.8 Å². The van der Waals surface area contributed by atoms with Crippen LogP contribution in [0.3, 0.4) is 0 Å². The summed E-state index contributed by atoms with van der Waals surface area (Å²) in [7, 11) is 0. The lowest BCUT2D eigenvalue weighted by molar-refractivity contribution is 0.0529. The first kappa shape index (κ1) is 14.9. The summed E-state index contributed by atoms with van der Waals surface area (Å²) in [6.45, 7) is 5.84. The summed E-state index contributed by atoms with van der Waals surface area (Å²) in [6.07, 6.45) is 0.0463. The third-order valence-corrected chi connectivity index (χ3v) is 2.05. The van der Waals surface area contributed by atoms with E-state index in [2.05, 4.69) is 17.2 Å². The molecule has 0 bridgehead atoms. The Bertz CT molecular complexity index is 492. The molecule has 0 saturated heterocycles. The Morgan fingerprint density at radius 2 is 2.05 bits per heavy atom. The molecule has 4 heteroatoms. The van der Waals surface area contributed by atoms with E-state index in [0.717, 1.165) is 0 Å². The lowest BCUT2D eigenvalue weighted by Gasteiger charge is -2.19. The van der Waals surface area contributed by atoms with E-state index in [1.807, 2.05) is 26.8 Å². The molecule has 1 aromatic rings. The van der Waals surface area contributed by atoms with Gasteiger partial charge in [0.05, 0.1) is 5.56 Å². The van der Waals surface area contributed by atoms with E-state index in [-0.39, 0.29) is 5.75 Å². The molecule has 0 radical (unpaired) electrons. The molecule has 4 nitrogen and oxygen atoms in total. The van der Waals surface area contributed by atoms with E-state index >= 15 is 0 Å². The van der Waals surface area contributed by atoms with Crippen molar-refractivity contribution < 1.29 is 14.6 Å². The molecule has 102 valence electrons. The topological polar surface area (TPSA) is 58.6 Å². The van der Waals surface area contributed by atoms with E-state index in [4.69, 9.17) is 4.74 Å². The Morgan fingerprint density at radius 3 is 2.68 bits per heavy atom. The minimum Gasteiger partial charge on any atom is -0.507 e. The summed E-state index contributed by atoms with van der Waals surface area (Å²) in [5, 5.41) is 12.1. The Hall–Kier alpha value is -2.15. The van der Waals surface area contributed by atoms with E-state index in [9.17, 15) is 9.90 Å². The zero-order valence-corrected chi connectivity index (χ0v) is 11.5. The molecule has 0 aliphatic carbocycles. The Labute approximate surface area is 113 Å². The number of aromatic hydroxyl groups is 1. The average Bonchev–Trinajstić information content (AvgIpc) is 2.28. The van der Waals surface area contributed by atoms with Gasteiger partial charge in [-0.1, -0.05) is 24.0 Å². The van der Waals surface area contributed by atoms with Gasteiger partial charge in [0, 0.05) is 13.0 Å². The Kier molecular flexibility index (Phi) is 5.25. The van der Waals surface area contributed by atoms with E-state index < -0.39 is 11.7 Å². The van der Waals surface area contributed by atoms with Crippen molar-refractivity contribution >= 4 is 6.09 Å². The molecule has 1 rings (SSSR count). The molecule has 0 spiro atoms. The lowest BCUT2D eigenvalue weighted by Crippen LogP contribution is -2.32. The second-order valence-electron chi connectivity index (χ2n) is 5.00. The van der Waals surface area contributed by atoms with Crippen LogP contribution in [-0.4, -0.2) is 23.3 Å². The van der Waals surface area contributed by atoms with Crippen LogP contribution >= 0.6 is 0 Å². The fraction of sp³-hybridized carbons (Fsp3) is 0.400. The normalized spacial score (nSPS) is 10.3. The molecule has 2 N–H and O–H groups in total. The monoisotopic (exact) mass is 261 g/mol. The number of nitrogens with one attached hydrogen (secondary N) is 1. The standard InChI is InChI=1S/C15H19NO3/c1-15(2,3)19-14(18)16-11-7-6-9-12-8-4-5-10-13(12)17/h4-5,8,10,17H,7,11H2,1-3H3,(H,16,18). The molecule has 0 aliphatic heterocycles. The lowest BCUT2D eigenvalue weighted by atomic mass is 10.2. The Morgan fingerprint density at radius 1 is 1.37 bits per heavy atom. The highest BCUT2D eigenvalue weighted by Gasteiger charge is 2.15. The number of carbonyl (C=O) groups is 1. The number of phenolic OH excluding ortho intramolecular Hbond substituents is 1. The van der Waals surface area contributed by atoms with Crippen LogP contribution in [-0.2, 0) is 4.74 Å². The molecule has 0 saturated carbocycles. The van der Waals surface area contributed by atoms with Crippen molar-refractivity contribution in [2.24, 2.45) is 0 Å². The van der Waals surface area contributed by atoms with Gasteiger partial charge in [-0.05, 0) is 32.9 Å². The third-order valence-electron chi connectivity index (χ3n) is 2.05. The van der Waals surface area contributed by atoms with Gasteiger partial charge < -0.3 is 15.2 Å². The van der Waals surface area contributed by atoms with Gasteiger partial charge in [0.2, 0.25) is 0 Å². The number of ether oxygens (including phenoxy) is 1. The van der Waals surface area contributed by atoms with Crippen LogP contribution < -0.4 is 5.32 Å². The molecule has 0 fully saturated rings. The summed E-state index contributed by atoms with van der Waals surface area (Å²) in [4.78, 5) is 11.3. The molecule has 0 atom stereocenters. The fourth-order valence-corrected chi connectivity index (χ4v) is 1.28. The number of benzene rings is 1.